The van der Waals surface area contributed by atoms with Crippen molar-refractivity contribution in [2.75, 3.05) is 7.11 Å². The van der Waals surface area contributed by atoms with E-state index in [1.165, 1.54) is 24.3 Å². The van der Waals surface area contributed by atoms with Gasteiger partial charge in [-0.15, -0.1) is 0 Å². The summed E-state index contributed by atoms with van der Waals surface area (Å²) in [5.41, 5.74) is 4.18. The van der Waals surface area contributed by atoms with Crippen LogP contribution in [0, 0.1) is 13.8 Å². The Morgan fingerprint density at radius 2 is 1.75 bits per heavy atom. The van der Waals surface area contributed by atoms with Crippen LogP contribution in [-0.2, 0) is 18.0 Å². The van der Waals surface area contributed by atoms with Crippen LogP contribution in [0.3, 0.4) is 0 Å². The highest BCUT2D eigenvalue weighted by atomic mass is 16.5. The first-order valence-corrected chi connectivity index (χ1v) is 6.49. The van der Waals surface area contributed by atoms with Gasteiger partial charge in [0.25, 0.3) is 0 Å². The van der Waals surface area contributed by atoms with Crippen LogP contribution in [0.5, 0.6) is 5.75 Å². The standard InChI is InChI=1S/C16H19NO3/c1-11-4-12(2)6-13(5-11)9-20-10-14-7-15(18)16(19-3)8-17-14/h4-8H,9-10H2,1-3H3,(H,17,18). The Balaban J connectivity index is 1.96. The Bertz CT molecular complexity index is 626. The molecule has 4 heteroatoms. The maximum Gasteiger partial charge on any atom is 0.223 e. The highest BCUT2D eigenvalue weighted by Gasteiger charge is 2.02. The highest BCUT2D eigenvalue weighted by Crippen LogP contribution is 2.11. The summed E-state index contributed by atoms with van der Waals surface area (Å²) in [6.07, 6.45) is 1.55. The fraction of sp³-hybridized carbons (Fsp3) is 0.312. The number of pyridine rings is 1. The minimum atomic E-state index is -0.142. The van der Waals surface area contributed by atoms with E-state index < -0.39 is 0 Å². The number of H-pyrrole nitrogens is 1. The molecule has 0 aliphatic heterocycles. The second-order valence-electron chi connectivity index (χ2n) is 4.88. The molecule has 0 atom stereocenters. The molecule has 0 aliphatic rings. The van der Waals surface area contributed by atoms with Gasteiger partial charge in [-0.05, 0) is 19.4 Å². The molecule has 0 radical (unpaired) electrons. The van der Waals surface area contributed by atoms with E-state index in [0.717, 1.165) is 11.3 Å². The van der Waals surface area contributed by atoms with E-state index in [2.05, 4.69) is 37.0 Å². The van der Waals surface area contributed by atoms with Crippen LogP contribution in [0.2, 0.25) is 0 Å². The van der Waals surface area contributed by atoms with Crippen molar-refractivity contribution >= 4 is 0 Å². The van der Waals surface area contributed by atoms with Crippen molar-refractivity contribution in [2.45, 2.75) is 27.1 Å². The number of nitrogens with one attached hydrogen (secondary N) is 1. The number of aryl methyl sites for hydroxylation is 2. The normalized spacial score (nSPS) is 10.6. The molecule has 0 amide bonds. The molecular weight excluding hydrogens is 254 g/mol. The summed E-state index contributed by atoms with van der Waals surface area (Å²) in [6, 6.07) is 7.83. The summed E-state index contributed by atoms with van der Waals surface area (Å²) >= 11 is 0. The van der Waals surface area contributed by atoms with Gasteiger partial charge in [0.2, 0.25) is 5.43 Å². The summed E-state index contributed by atoms with van der Waals surface area (Å²) in [5, 5.41) is 0. The van der Waals surface area contributed by atoms with Gasteiger partial charge in [0, 0.05) is 18.0 Å². The van der Waals surface area contributed by atoms with E-state index in [1.54, 1.807) is 6.20 Å². The number of ether oxygens (including phenoxy) is 2. The topological polar surface area (TPSA) is 51.3 Å². The Hall–Kier alpha value is -2.07. The van der Waals surface area contributed by atoms with Crippen molar-refractivity contribution in [1.82, 2.24) is 4.98 Å². The zero-order valence-corrected chi connectivity index (χ0v) is 12.0. The van der Waals surface area contributed by atoms with Gasteiger partial charge in [-0.1, -0.05) is 29.3 Å². The fourth-order valence-electron chi connectivity index (χ4n) is 2.17. The van der Waals surface area contributed by atoms with Crippen LogP contribution in [0.15, 0.2) is 35.3 Å². The third kappa shape index (κ3) is 3.71. The average molecular weight is 273 g/mol. The monoisotopic (exact) mass is 273 g/mol. The molecule has 2 aromatic rings. The quantitative estimate of drug-likeness (QED) is 0.911. The number of rotatable bonds is 5. The summed E-state index contributed by atoms with van der Waals surface area (Å²) in [4.78, 5) is 14.6. The summed E-state index contributed by atoms with van der Waals surface area (Å²) in [5.74, 6) is 0.308. The molecule has 20 heavy (non-hydrogen) atoms. The van der Waals surface area contributed by atoms with E-state index in [4.69, 9.17) is 9.47 Å². The highest BCUT2D eigenvalue weighted by molar-refractivity contribution is 5.28. The maximum atomic E-state index is 11.6. The number of methoxy groups -OCH3 is 1. The third-order valence-electron chi connectivity index (χ3n) is 2.96. The second kappa shape index (κ2) is 6.39. The molecule has 0 fully saturated rings. The molecule has 0 bridgehead atoms. The summed E-state index contributed by atoms with van der Waals surface area (Å²) in [6.45, 7) is 5.03. The Morgan fingerprint density at radius 3 is 2.35 bits per heavy atom. The van der Waals surface area contributed by atoms with E-state index in [0.29, 0.717) is 19.0 Å². The van der Waals surface area contributed by atoms with Gasteiger partial charge in [-0.2, -0.15) is 0 Å². The smallest absolute Gasteiger partial charge is 0.223 e. The van der Waals surface area contributed by atoms with E-state index >= 15 is 0 Å². The van der Waals surface area contributed by atoms with Gasteiger partial charge in [-0.25, -0.2) is 0 Å². The molecule has 2 rings (SSSR count). The Morgan fingerprint density at radius 1 is 1.05 bits per heavy atom. The van der Waals surface area contributed by atoms with E-state index in [9.17, 15) is 4.79 Å². The van der Waals surface area contributed by atoms with Crippen LogP contribution in [0.4, 0.5) is 0 Å². The van der Waals surface area contributed by atoms with Crippen molar-refractivity contribution in [2.24, 2.45) is 0 Å². The first kappa shape index (κ1) is 14.3. The summed E-state index contributed by atoms with van der Waals surface area (Å²) in [7, 11) is 1.47. The molecule has 4 nitrogen and oxygen atoms in total. The summed E-state index contributed by atoms with van der Waals surface area (Å²) < 4.78 is 10.5. The van der Waals surface area contributed by atoms with Crippen LogP contribution in [0.25, 0.3) is 0 Å². The molecule has 0 spiro atoms. The van der Waals surface area contributed by atoms with Gasteiger partial charge < -0.3 is 14.5 Å². The number of benzene rings is 1. The molecule has 0 saturated carbocycles. The number of aromatic amines is 1. The third-order valence-corrected chi connectivity index (χ3v) is 2.96. The molecule has 0 saturated heterocycles. The molecule has 106 valence electrons. The van der Waals surface area contributed by atoms with Crippen LogP contribution in [-0.4, -0.2) is 12.1 Å². The van der Waals surface area contributed by atoms with Crippen molar-refractivity contribution in [3.05, 3.63) is 63.1 Å². The molecule has 0 aliphatic carbocycles. The lowest BCUT2D eigenvalue weighted by Crippen LogP contribution is -2.08. The van der Waals surface area contributed by atoms with Gasteiger partial charge in [0.15, 0.2) is 5.75 Å². The van der Waals surface area contributed by atoms with E-state index in [-0.39, 0.29) is 5.43 Å². The first-order valence-electron chi connectivity index (χ1n) is 6.49. The minimum Gasteiger partial charge on any atom is -0.491 e. The largest absolute Gasteiger partial charge is 0.491 e. The van der Waals surface area contributed by atoms with Gasteiger partial charge in [0.05, 0.1) is 20.3 Å². The molecule has 1 N–H and O–H groups in total. The number of aromatic nitrogens is 1. The molecular formula is C16H19NO3. The zero-order valence-electron chi connectivity index (χ0n) is 12.0. The van der Waals surface area contributed by atoms with Crippen molar-refractivity contribution in [3.8, 4) is 5.75 Å². The number of hydrogen-bond donors (Lipinski definition) is 1. The van der Waals surface area contributed by atoms with E-state index in [1.807, 2.05) is 0 Å². The van der Waals surface area contributed by atoms with Crippen LogP contribution < -0.4 is 10.2 Å². The van der Waals surface area contributed by atoms with Gasteiger partial charge in [0.1, 0.15) is 0 Å². The molecule has 1 aromatic heterocycles. The van der Waals surface area contributed by atoms with Crippen molar-refractivity contribution < 1.29 is 9.47 Å². The van der Waals surface area contributed by atoms with Crippen molar-refractivity contribution in [1.29, 1.82) is 0 Å². The SMILES string of the molecule is COc1c[nH]c(COCc2cc(C)cc(C)c2)cc1=O. The fourth-order valence-corrected chi connectivity index (χ4v) is 2.17. The van der Waals surface area contributed by atoms with Crippen LogP contribution >= 0.6 is 0 Å². The Kier molecular flexibility index (Phi) is 4.58. The first-order chi connectivity index (χ1) is 9.58. The van der Waals surface area contributed by atoms with Crippen LogP contribution in [0.1, 0.15) is 22.4 Å². The molecule has 0 unspecified atom stereocenters. The van der Waals surface area contributed by atoms with Crippen molar-refractivity contribution in [3.63, 3.8) is 0 Å². The maximum absolute atomic E-state index is 11.6. The lowest BCUT2D eigenvalue weighted by atomic mass is 10.1. The Labute approximate surface area is 118 Å². The zero-order chi connectivity index (χ0) is 14.5. The lowest BCUT2D eigenvalue weighted by molar-refractivity contribution is 0.104. The minimum absolute atomic E-state index is 0.142. The average Bonchev–Trinajstić information content (AvgIpc) is 2.38. The lowest BCUT2D eigenvalue weighted by Gasteiger charge is -2.07. The predicted molar refractivity (Wildman–Crippen MR) is 78.0 cm³/mol. The molecule has 1 heterocycles. The van der Waals surface area contributed by atoms with Gasteiger partial charge >= 0.3 is 0 Å². The predicted octanol–water partition coefficient (Wildman–Crippen LogP) is 2.72. The van der Waals surface area contributed by atoms with Gasteiger partial charge in [-0.3, -0.25) is 4.79 Å². The molecule has 1 aromatic carbocycles. The number of hydrogen-bond acceptors (Lipinski definition) is 3. The second-order valence-corrected chi connectivity index (χ2v) is 4.88.